The van der Waals surface area contributed by atoms with Crippen LogP contribution in [0.3, 0.4) is 0 Å². The molecule has 0 aliphatic heterocycles. The van der Waals surface area contributed by atoms with Gasteiger partial charge in [-0.3, -0.25) is 0 Å². The molecule has 0 aliphatic carbocycles. The Morgan fingerprint density at radius 1 is 1.62 bits per heavy atom. The van der Waals surface area contributed by atoms with Gasteiger partial charge in [0.25, 0.3) is 0 Å². The molecular formula is C8H12N2O3. The van der Waals surface area contributed by atoms with Crippen LogP contribution >= 0.6 is 0 Å². The predicted octanol–water partition coefficient (Wildman–Crippen LogP) is 1.59. The Morgan fingerprint density at radius 3 is 2.62 bits per heavy atom. The summed E-state index contributed by atoms with van der Waals surface area (Å²) in [5.74, 6) is 0.454. The van der Waals surface area contributed by atoms with Gasteiger partial charge in [0, 0.05) is 0 Å². The molecule has 0 saturated heterocycles. The van der Waals surface area contributed by atoms with Gasteiger partial charge in [0.1, 0.15) is 5.60 Å². The van der Waals surface area contributed by atoms with Crippen molar-refractivity contribution in [2.24, 2.45) is 0 Å². The highest BCUT2D eigenvalue weighted by Gasteiger charge is 2.14. The van der Waals surface area contributed by atoms with E-state index in [0.717, 1.165) is 4.68 Å². The summed E-state index contributed by atoms with van der Waals surface area (Å²) in [6, 6.07) is 0. The average Bonchev–Trinajstić information content (AvgIpc) is 2.31. The van der Waals surface area contributed by atoms with E-state index in [2.05, 4.69) is 5.10 Å². The van der Waals surface area contributed by atoms with Crippen LogP contribution in [0.2, 0.25) is 0 Å². The summed E-state index contributed by atoms with van der Waals surface area (Å²) in [6.07, 6.45) is 1.58. The average molecular weight is 184 g/mol. The van der Waals surface area contributed by atoms with Crippen LogP contribution in [0.25, 0.3) is 0 Å². The third kappa shape index (κ3) is 2.77. The van der Waals surface area contributed by atoms with Crippen molar-refractivity contribution in [3.8, 4) is 5.75 Å². The zero-order valence-electron chi connectivity index (χ0n) is 7.81. The molecule has 1 rings (SSSR count). The second kappa shape index (κ2) is 3.08. The van der Waals surface area contributed by atoms with E-state index >= 15 is 0 Å². The quantitative estimate of drug-likeness (QED) is 0.719. The van der Waals surface area contributed by atoms with Crippen molar-refractivity contribution in [2.45, 2.75) is 26.4 Å². The molecule has 0 atom stereocenters. The first-order valence-electron chi connectivity index (χ1n) is 3.85. The van der Waals surface area contributed by atoms with Crippen molar-refractivity contribution in [3.63, 3.8) is 0 Å². The lowest BCUT2D eigenvalue weighted by molar-refractivity contribution is 0.130. The Hall–Kier alpha value is -1.52. The van der Waals surface area contributed by atoms with Crippen molar-refractivity contribution in [1.29, 1.82) is 0 Å². The highest BCUT2D eigenvalue weighted by Crippen LogP contribution is 2.16. The molecule has 1 aromatic heterocycles. The number of ether oxygens (including phenoxy) is 1. The summed E-state index contributed by atoms with van der Waals surface area (Å²) in [5.41, 5.74) is -0.341. The smallest absolute Gasteiger partial charge is 0.432 e. The summed E-state index contributed by atoms with van der Waals surface area (Å²) in [4.78, 5) is 10.4. The van der Waals surface area contributed by atoms with E-state index in [-0.39, 0.29) is 5.60 Å². The van der Waals surface area contributed by atoms with Gasteiger partial charge in [-0.25, -0.2) is 4.79 Å². The second-order valence-electron chi connectivity index (χ2n) is 3.62. The minimum Gasteiger partial charge on any atom is -0.485 e. The van der Waals surface area contributed by atoms with Crippen LogP contribution in [-0.2, 0) is 0 Å². The van der Waals surface area contributed by atoms with Crippen molar-refractivity contribution >= 4 is 6.09 Å². The van der Waals surface area contributed by atoms with Crippen LogP contribution in [0.4, 0.5) is 4.79 Å². The van der Waals surface area contributed by atoms with Crippen molar-refractivity contribution < 1.29 is 14.6 Å². The van der Waals surface area contributed by atoms with Crippen molar-refractivity contribution in [1.82, 2.24) is 9.78 Å². The molecule has 0 aliphatic rings. The van der Waals surface area contributed by atoms with Gasteiger partial charge in [-0.05, 0) is 20.8 Å². The number of nitrogens with zero attached hydrogens (tertiary/aromatic N) is 2. The number of aromatic nitrogens is 2. The van der Waals surface area contributed by atoms with Crippen LogP contribution in [0.1, 0.15) is 20.8 Å². The monoisotopic (exact) mass is 184 g/mol. The molecule has 0 radical (unpaired) electrons. The molecule has 5 nitrogen and oxygen atoms in total. The molecule has 0 fully saturated rings. The molecule has 0 amide bonds. The number of carbonyl (C=O) groups is 1. The van der Waals surface area contributed by atoms with E-state index in [0.29, 0.717) is 5.75 Å². The molecule has 0 bridgehead atoms. The number of hydrogen-bond acceptors (Lipinski definition) is 3. The van der Waals surface area contributed by atoms with Crippen LogP contribution in [0.15, 0.2) is 12.4 Å². The van der Waals surface area contributed by atoms with Crippen LogP contribution in [-0.4, -0.2) is 26.6 Å². The van der Waals surface area contributed by atoms with Gasteiger partial charge in [0.15, 0.2) is 5.75 Å². The molecule has 1 aromatic rings. The molecule has 0 saturated carbocycles. The molecule has 0 unspecified atom stereocenters. The standard InChI is InChI=1S/C8H12N2O3/c1-8(2,3)13-6-4-9-10(5-6)7(11)12/h4-5H,1-3H3,(H,11,12). The van der Waals surface area contributed by atoms with E-state index in [1.54, 1.807) is 0 Å². The fourth-order valence-corrected chi connectivity index (χ4v) is 0.817. The third-order valence-electron chi connectivity index (χ3n) is 1.18. The third-order valence-corrected chi connectivity index (χ3v) is 1.18. The molecule has 0 aromatic carbocycles. The fraction of sp³-hybridized carbons (Fsp3) is 0.500. The van der Waals surface area contributed by atoms with E-state index in [9.17, 15) is 4.79 Å². The molecule has 1 N–H and O–H groups in total. The zero-order valence-corrected chi connectivity index (χ0v) is 7.81. The summed E-state index contributed by atoms with van der Waals surface area (Å²) in [7, 11) is 0. The maximum absolute atomic E-state index is 10.4. The Morgan fingerprint density at radius 2 is 2.23 bits per heavy atom. The lowest BCUT2D eigenvalue weighted by atomic mass is 10.2. The maximum Gasteiger partial charge on any atom is 0.432 e. The lowest BCUT2D eigenvalue weighted by Gasteiger charge is -2.19. The molecule has 1 heterocycles. The summed E-state index contributed by atoms with van der Waals surface area (Å²) < 4.78 is 6.19. The number of rotatable bonds is 1. The van der Waals surface area contributed by atoms with E-state index in [1.165, 1.54) is 12.4 Å². The molecule has 0 spiro atoms. The minimum absolute atomic E-state index is 0.341. The lowest BCUT2D eigenvalue weighted by Crippen LogP contribution is -2.22. The highest BCUT2D eigenvalue weighted by atomic mass is 16.5. The van der Waals surface area contributed by atoms with Crippen LogP contribution in [0.5, 0.6) is 5.75 Å². The molecular weight excluding hydrogens is 172 g/mol. The first kappa shape index (κ1) is 9.57. The van der Waals surface area contributed by atoms with Gasteiger partial charge in [-0.1, -0.05) is 0 Å². The largest absolute Gasteiger partial charge is 0.485 e. The zero-order chi connectivity index (χ0) is 10.1. The summed E-state index contributed by atoms with van der Waals surface area (Å²) in [5, 5.41) is 12.1. The second-order valence-corrected chi connectivity index (χ2v) is 3.62. The molecule has 5 heteroatoms. The van der Waals surface area contributed by atoms with Gasteiger partial charge in [-0.15, -0.1) is 0 Å². The normalized spacial score (nSPS) is 11.3. The van der Waals surface area contributed by atoms with Gasteiger partial charge in [0.05, 0.1) is 12.4 Å². The Balaban J connectivity index is 2.75. The van der Waals surface area contributed by atoms with E-state index in [4.69, 9.17) is 9.84 Å². The summed E-state index contributed by atoms with van der Waals surface area (Å²) in [6.45, 7) is 5.64. The van der Waals surface area contributed by atoms with Gasteiger partial charge >= 0.3 is 6.09 Å². The Bertz CT molecular complexity index is 311. The van der Waals surface area contributed by atoms with Gasteiger partial charge < -0.3 is 9.84 Å². The van der Waals surface area contributed by atoms with Gasteiger partial charge in [0.2, 0.25) is 0 Å². The summed E-state index contributed by atoms with van der Waals surface area (Å²) >= 11 is 0. The minimum atomic E-state index is -1.12. The SMILES string of the molecule is CC(C)(C)Oc1cnn(C(=O)O)c1. The van der Waals surface area contributed by atoms with E-state index in [1.807, 2.05) is 20.8 Å². The Kier molecular flexibility index (Phi) is 2.27. The van der Waals surface area contributed by atoms with Crippen LogP contribution < -0.4 is 4.74 Å². The van der Waals surface area contributed by atoms with Crippen molar-refractivity contribution in [2.75, 3.05) is 0 Å². The number of carboxylic acid groups (broad SMARTS) is 1. The predicted molar refractivity (Wildman–Crippen MR) is 46.0 cm³/mol. The topological polar surface area (TPSA) is 64.4 Å². The van der Waals surface area contributed by atoms with Crippen LogP contribution in [0, 0.1) is 0 Å². The van der Waals surface area contributed by atoms with Crippen molar-refractivity contribution in [3.05, 3.63) is 12.4 Å². The number of hydrogen-bond donors (Lipinski definition) is 1. The first-order chi connectivity index (χ1) is 5.88. The maximum atomic E-state index is 10.4. The molecule has 72 valence electrons. The first-order valence-corrected chi connectivity index (χ1v) is 3.85. The van der Waals surface area contributed by atoms with Gasteiger partial charge in [-0.2, -0.15) is 9.78 Å². The Labute approximate surface area is 75.9 Å². The van der Waals surface area contributed by atoms with E-state index < -0.39 is 6.09 Å². The highest BCUT2D eigenvalue weighted by molar-refractivity contribution is 5.66. The molecule has 13 heavy (non-hydrogen) atoms. The fourth-order valence-electron chi connectivity index (χ4n) is 0.817.